The molecule has 0 N–H and O–H groups in total. The minimum absolute atomic E-state index is 0.00344. The van der Waals surface area contributed by atoms with Crippen molar-refractivity contribution in [1.82, 2.24) is 39.8 Å². The van der Waals surface area contributed by atoms with Crippen molar-refractivity contribution in [3.8, 4) is 0 Å². The lowest BCUT2D eigenvalue weighted by Gasteiger charge is -2.60. The van der Waals surface area contributed by atoms with Gasteiger partial charge in [-0.1, -0.05) is 20.8 Å². The summed E-state index contributed by atoms with van der Waals surface area (Å²) in [4.78, 5) is 14.8. The highest BCUT2D eigenvalue weighted by Gasteiger charge is 2.61. The fourth-order valence-corrected chi connectivity index (χ4v) is 9.89. The van der Waals surface area contributed by atoms with E-state index in [4.69, 9.17) is 15.1 Å². The Bertz CT molecular complexity index is 1440. The lowest BCUT2D eigenvalue weighted by Crippen LogP contribution is -2.59. The Balaban J connectivity index is 1.25. The number of hydrogen-bond donors (Lipinski definition) is 0. The maximum Gasteiger partial charge on any atom is 0.167 e. The minimum atomic E-state index is -0.0326. The van der Waals surface area contributed by atoms with E-state index in [1.165, 1.54) is 41.5 Å². The topological polar surface area (TPSA) is 86.7 Å². The summed E-state index contributed by atoms with van der Waals surface area (Å²) in [6.07, 6.45) is 14.0. The van der Waals surface area contributed by atoms with Crippen molar-refractivity contribution in [2.45, 2.75) is 89.5 Å². The van der Waals surface area contributed by atoms with Gasteiger partial charge in [-0.05, 0) is 91.7 Å². The molecule has 2 unspecified atom stereocenters. The number of rotatable bonds is 2. The Morgan fingerprint density at radius 1 is 1.11 bits per heavy atom. The number of aryl methyl sites for hydroxylation is 1. The molecule has 9 rings (SSSR count). The van der Waals surface area contributed by atoms with E-state index in [9.17, 15) is 0 Å². The van der Waals surface area contributed by atoms with Crippen LogP contribution in [0.25, 0.3) is 15.9 Å². The molecule has 4 aromatic heterocycles. The molecule has 4 aromatic rings. The molecule has 5 aliphatic carbocycles. The van der Waals surface area contributed by atoms with Crippen LogP contribution in [0.3, 0.4) is 0 Å². The van der Waals surface area contributed by atoms with Crippen LogP contribution < -0.4 is 0 Å². The number of hydrogen-bond acceptors (Lipinski definition) is 7. The zero-order valence-corrected chi connectivity index (χ0v) is 21.6. The number of tetrazole rings is 1. The summed E-state index contributed by atoms with van der Waals surface area (Å²) in [5.74, 6) is 3.13. The molecule has 4 saturated carbocycles. The van der Waals surface area contributed by atoms with Crippen LogP contribution in [-0.2, 0) is 23.8 Å². The second kappa shape index (κ2) is 6.66. The van der Waals surface area contributed by atoms with Gasteiger partial charge in [0.15, 0.2) is 17.8 Å². The molecule has 0 spiro atoms. The zero-order chi connectivity index (χ0) is 23.6. The summed E-state index contributed by atoms with van der Waals surface area (Å²) < 4.78 is 1.97. The number of fused-ring (bicyclic) bond motifs is 5. The number of nitrogens with zero attached hydrogens (tertiary/aromatic N) is 8. The second-order valence-corrected chi connectivity index (χ2v) is 14.2. The highest BCUT2D eigenvalue weighted by Crippen LogP contribution is 2.64. The molecule has 0 aromatic carbocycles. The van der Waals surface area contributed by atoms with Gasteiger partial charge in [0.25, 0.3) is 0 Å². The Hall–Kier alpha value is -2.42. The lowest BCUT2D eigenvalue weighted by molar-refractivity contribution is -0.0785. The maximum atomic E-state index is 5.34. The van der Waals surface area contributed by atoms with Crippen LogP contribution in [0.15, 0.2) is 12.7 Å². The van der Waals surface area contributed by atoms with Gasteiger partial charge in [0, 0.05) is 10.3 Å². The maximum absolute atomic E-state index is 5.34. The van der Waals surface area contributed by atoms with E-state index in [0.717, 1.165) is 54.3 Å². The molecule has 8 nitrogen and oxygen atoms in total. The second-order valence-electron chi connectivity index (χ2n) is 13.1. The predicted octanol–water partition coefficient (Wildman–Crippen LogP) is 4.72. The molecular formula is C26H32N8S. The van der Waals surface area contributed by atoms with E-state index in [0.29, 0.717) is 17.3 Å². The standard InChI is InChI=1S/C26H32N8S/c1-24(2,3)17-4-5-18-19(7-17)35-22-20(18)21-30-23(31-33(21)14-27-22)25-8-15-6-16(9-25)11-26(10-15,12-25)34-29-13-28-32-34/h13-17H,4-12H2,1-3H3/t15-,16+,17-,25?,26?/m0/s1. The van der Waals surface area contributed by atoms with Gasteiger partial charge in [-0.2, -0.15) is 4.80 Å². The van der Waals surface area contributed by atoms with Crippen molar-refractivity contribution in [3.63, 3.8) is 0 Å². The number of aromatic nitrogens is 8. The smallest absolute Gasteiger partial charge is 0.167 e. The molecule has 5 atom stereocenters. The van der Waals surface area contributed by atoms with E-state index in [2.05, 4.69) is 36.2 Å². The zero-order valence-electron chi connectivity index (χ0n) is 20.7. The SMILES string of the molecule is CC(C)(C)[C@H]1CCc2c(sc3ncn4nc(C56C[C@H]7C[C@@H](C5)CC(n5ncnn5)(C7)C6)nc4c23)C1. The molecular weight excluding hydrogens is 456 g/mol. The molecule has 4 bridgehead atoms. The molecule has 0 amide bonds. The summed E-state index contributed by atoms with van der Waals surface area (Å²) in [6, 6.07) is 0. The van der Waals surface area contributed by atoms with Crippen molar-refractivity contribution in [3.05, 3.63) is 28.9 Å². The minimum Gasteiger partial charge on any atom is -0.225 e. The molecule has 9 heteroatoms. The molecule has 4 fully saturated rings. The molecule has 0 saturated heterocycles. The van der Waals surface area contributed by atoms with Gasteiger partial charge in [-0.25, -0.2) is 14.5 Å². The van der Waals surface area contributed by atoms with Gasteiger partial charge in [0.1, 0.15) is 11.2 Å². The Labute approximate surface area is 208 Å². The Kier molecular flexibility index (Phi) is 3.95. The first kappa shape index (κ1) is 20.7. The van der Waals surface area contributed by atoms with E-state index >= 15 is 0 Å². The average molecular weight is 489 g/mol. The first-order valence-electron chi connectivity index (χ1n) is 13.2. The van der Waals surface area contributed by atoms with Crippen LogP contribution in [0.1, 0.15) is 82.0 Å². The molecule has 35 heavy (non-hydrogen) atoms. The Morgan fingerprint density at radius 3 is 2.69 bits per heavy atom. The third-order valence-electron chi connectivity index (χ3n) is 9.89. The highest BCUT2D eigenvalue weighted by atomic mass is 32.1. The van der Waals surface area contributed by atoms with E-state index in [1.54, 1.807) is 6.33 Å². The molecule has 4 heterocycles. The van der Waals surface area contributed by atoms with Crippen LogP contribution >= 0.6 is 11.3 Å². The lowest BCUT2D eigenvalue weighted by atomic mass is 9.46. The van der Waals surface area contributed by atoms with Crippen molar-refractivity contribution in [2.24, 2.45) is 23.2 Å². The van der Waals surface area contributed by atoms with Gasteiger partial charge in [0.2, 0.25) is 0 Å². The van der Waals surface area contributed by atoms with Gasteiger partial charge < -0.3 is 0 Å². The van der Waals surface area contributed by atoms with Crippen LogP contribution in [-0.4, -0.2) is 39.8 Å². The third kappa shape index (κ3) is 2.84. The molecule has 0 aliphatic heterocycles. The van der Waals surface area contributed by atoms with Crippen molar-refractivity contribution in [1.29, 1.82) is 0 Å². The molecule has 182 valence electrons. The summed E-state index contributed by atoms with van der Waals surface area (Å²) in [7, 11) is 0. The first-order valence-corrected chi connectivity index (χ1v) is 14.0. The summed E-state index contributed by atoms with van der Waals surface area (Å²) in [5, 5.41) is 19.3. The summed E-state index contributed by atoms with van der Waals surface area (Å²) in [6.45, 7) is 7.14. The molecule has 5 aliphatic rings. The van der Waals surface area contributed by atoms with E-state index < -0.39 is 0 Å². The average Bonchev–Trinajstić information content (AvgIpc) is 3.54. The van der Waals surface area contributed by atoms with Crippen molar-refractivity contribution in [2.75, 3.05) is 0 Å². The molecule has 0 radical (unpaired) electrons. The monoisotopic (exact) mass is 488 g/mol. The van der Waals surface area contributed by atoms with Crippen molar-refractivity contribution < 1.29 is 0 Å². The summed E-state index contributed by atoms with van der Waals surface area (Å²) >= 11 is 1.88. The van der Waals surface area contributed by atoms with E-state index in [-0.39, 0.29) is 11.0 Å². The van der Waals surface area contributed by atoms with Crippen LogP contribution in [0.5, 0.6) is 0 Å². The van der Waals surface area contributed by atoms with Gasteiger partial charge >= 0.3 is 0 Å². The normalized spacial score (nSPS) is 34.2. The fourth-order valence-electron chi connectivity index (χ4n) is 8.63. The number of thiophene rings is 1. The first-order chi connectivity index (χ1) is 16.8. The van der Waals surface area contributed by atoms with Crippen LogP contribution in [0.2, 0.25) is 0 Å². The quantitative estimate of drug-likeness (QED) is 0.406. The van der Waals surface area contributed by atoms with Gasteiger partial charge in [-0.3, -0.25) is 0 Å². The van der Waals surface area contributed by atoms with Gasteiger partial charge in [0.05, 0.1) is 10.9 Å². The third-order valence-corrected chi connectivity index (χ3v) is 11.1. The summed E-state index contributed by atoms with van der Waals surface area (Å²) in [5.41, 5.74) is 2.81. The predicted molar refractivity (Wildman–Crippen MR) is 133 cm³/mol. The largest absolute Gasteiger partial charge is 0.225 e. The van der Waals surface area contributed by atoms with Crippen molar-refractivity contribution >= 4 is 27.2 Å². The van der Waals surface area contributed by atoms with Crippen LogP contribution in [0, 0.1) is 23.2 Å². The fraction of sp³-hybridized carbons (Fsp3) is 0.692. The van der Waals surface area contributed by atoms with E-state index in [1.807, 2.05) is 27.0 Å². The van der Waals surface area contributed by atoms with Gasteiger partial charge in [-0.15, -0.1) is 26.6 Å². The van der Waals surface area contributed by atoms with Crippen LogP contribution in [0.4, 0.5) is 0 Å². The Morgan fingerprint density at radius 2 is 1.94 bits per heavy atom. The highest BCUT2D eigenvalue weighted by molar-refractivity contribution is 7.19.